The molecule has 23 heavy (non-hydrogen) atoms. The van der Waals surface area contributed by atoms with E-state index in [-0.39, 0.29) is 6.04 Å². The SMILES string of the molecule is CCOc1ccc(C2CC(CN)=NN2Cc2ccccc2)cc1. The summed E-state index contributed by atoms with van der Waals surface area (Å²) in [6, 6.07) is 19.0. The van der Waals surface area contributed by atoms with Crippen LogP contribution in [0.25, 0.3) is 0 Å². The molecule has 2 N–H and O–H groups in total. The number of hydrogen-bond donors (Lipinski definition) is 1. The van der Waals surface area contributed by atoms with Gasteiger partial charge < -0.3 is 10.5 Å². The van der Waals surface area contributed by atoms with Gasteiger partial charge in [-0.1, -0.05) is 42.5 Å². The highest BCUT2D eigenvalue weighted by Crippen LogP contribution is 2.32. The number of hydrogen-bond acceptors (Lipinski definition) is 4. The summed E-state index contributed by atoms with van der Waals surface area (Å²) in [6.45, 7) is 3.98. The highest BCUT2D eigenvalue weighted by molar-refractivity contribution is 5.88. The van der Waals surface area contributed by atoms with Gasteiger partial charge in [-0.15, -0.1) is 0 Å². The average Bonchev–Trinajstić information content (AvgIpc) is 3.00. The van der Waals surface area contributed by atoms with Gasteiger partial charge in [0, 0.05) is 13.0 Å². The molecule has 0 aliphatic carbocycles. The maximum atomic E-state index is 5.82. The van der Waals surface area contributed by atoms with Crippen molar-refractivity contribution < 1.29 is 4.74 Å². The third-order valence-corrected chi connectivity index (χ3v) is 4.06. The summed E-state index contributed by atoms with van der Waals surface area (Å²) in [5.74, 6) is 0.906. The lowest BCUT2D eigenvalue weighted by atomic mass is 10.0. The molecule has 1 heterocycles. The van der Waals surface area contributed by atoms with Crippen molar-refractivity contribution in [3.63, 3.8) is 0 Å². The van der Waals surface area contributed by atoms with Crippen LogP contribution in [-0.2, 0) is 6.54 Å². The van der Waals surface area contributed by atoms with Crippen LogP contribution in [0, 0.1) is 0 Å². The standard InChI is InChI=1S/C19H23N3O/c1-2-23-18-10-8-16(9-11-18)19-12-17(13-20)21-22(19)14-15-6-4-3-5-7-15/h3-11,19H,2,12-14,20H2,1H3. The van der Waals surface area contributed by atoms with E-state index >= 15 is 0 Å². The summed E-state index contributed by atoms with van der Waals surface area (Å²) in [5, 5.41) is 6.86. The van der Waals surface area contributed by atoms with Crippen molar-refractivity contribution in [2.75, 3.05) is 13.2 Å². The number of rotatable bonds is 6. The van der Waals surface area contributed by atoms with E-state index in [0.717, 1.165) is 24.4 Å². The molecule has 120 valence electrons. The lowest BCUT2D eigenvalue weighted by Crippen LogP contribution is -2.19. The monoisotopic (exact) mass is 309 g/mol. The Bertz CT molecular complexity index is 652. The molecule has 0 saturated heterocycles. The fourth-order valence-electron chi connectivity index (χ4n) is 2.90. The van der Waals surface area contributed by atoms with Gasteiger partial charge in [0.1, 0.15) is 5.75 Å². The third kappa shape index (κ3) is 3.71. The summed E-state index contributed by atoms with van der Waals surface area (Å²) in [4.78, 5) is 0. The van der Waals surface area contributed by atoms with Gasteiger partial charge in [0.15, 0.2) is 0 Å². The summed E-state index contributed by atoms with van der Waals surface area (Å²) < 4.78 is 5.53. The Labute approximate surface area is 137 Å². The number of benzene rings is 2. The minimum atomic E-state index is 0.240. The van der Waals surface area contributed by atoms with Crippen LogP contribution < -0.4 is 10.5 Å². The van der Waals surface area contributed by atoms with Crippen LogP contribution in [0.3, 0.4) is 0 Å². The van der Waals surface area contributed by atoms with Crippen molar-refractivity contribution in [3.05, 3.63) is 65.7 Å². The van der Waals surface area contributed by atoms with Gasteiger partial charge in [0.2, 0.25) is 0 Å². The van der Waals surface area contributed by atoms with Gasteiger partial charge in [-0.05, 0) is 30.2 Å². The average molecular weight is 309 g/mol. The van der Waals surface area contributed by atoms with E-state index in [0.29, 0.717) is 13.2 Å². The summed E-state index contributed by atoms with van der Waals surface area (Å²) >= 11 is 0. The minimum Gasteiger partial charge on any atom is -0.494 e. The molecule has 0 bridgehead atoms. The van der Waals surface area contributed by atoms with Crippen molar-refractivity contribution in [3.8, 4) is 5.75 Å². The van der Waals surface area contributed by atoms with Crippen LogP contribution in [0.2, 0.25) is 0 Å². The first kappa shape index (κ1) is 15.6. The molecule has 0 fully saturated rings. The second-order valence-electron chi connectivity index (χ2n) is 5.68. The van der Waals surface area contributed by atoms with E-state index in [1.807, 2.05) is 25.1 Å². The van der Waals surface area contributed by atoms with E-state index in [4.69, 9.17) is 15.6 Å². The second kappa shape index (κ2) is 7.29. The molecule has 2 aromatic carbocycles. The zero-order valence-electron chi connectivity index (χ0n) is 13.5. The first-order valence-corrected chi connectivity index (χ1v) is 8.10. The highest BCUT2D eigenvalue weighted by atomic mass is 16.5. The molecule has 1 aliphatic rings. The molecule has 3 rings (SSSR count). The molecule has 0 radical (unpaired) electrons. The smallest absolute Gasteiger partial charge is 0.119 e. The zero-order valence-corrected chi connectivity index (χ0v) is 13.5. The second-order valence-corrected chi connectivity index (χ2v) is 5.68. The largest absolute Gasteiger partial charge is 0.494 e. The van der Waals surface area contributed by atoms with Crippen LogP contribution in [0.4, 0.5) is 0 Å². The number of hydrazone groups is 1. The van der Waals surface area contributed by atoms with Gasteiger partial charge in [-0.2, -0.15) is 5.10 Å². The van der Waals surface area contributed by atoms with Gasteiger partial charge in [-0.3, -0.25) is 5.01 Å². The van der Waals surface area contributed by atoms with Crippen LogP contribution in [0.15, 0.2) is 59.7 Å². The quantitative estimate of drug-likeness (QED) is 0.890. The van der Waals surface area contributed by atoms with Gasteiger partial charge in [0.05, 0.1) is 24.9 Å². The lowest BCUT2D eigenvalue weighted by Gasteiger charge is -2.24. The van der Waals surface area contributed by atoms with E-state index < -0.39 is 0 Å². The van der Waals surface area contributed by atoms with Crippen molar-refractivity contribution in [2.24, 2.45) is 10.8 Å². The van der Waals surface area contributed by atoms with Gasteiger partial charge in [-0.25, -0.2) is 0 Å². The van der Waals surface area contributed by atoms with Crippen molar-refractivity contribution in [1.29, 1.82) is 0 Å². The minimum absolute atomic E-state index is 0.240. The van der Waals surface area contributed by atoms with Crippen LogP contribution in [-0.4, -0.2) is 23.9 Å². The first-order chi connectivity index (χ1) is 11.3. The summed E-state index contributed by atoms with van der Waals surface area (Å²) in [5.41, 5.74) is 9.37. The first-order valence-electron chi connectivity index (χ1n) is 8.10. The van der Waals surface area contributed by atoms with E-state index in [2.05, 4.69) is 41.4 Å². The Balaban J connectivity index is 1.79. The van der Waals surface area contributed by atoms with Crippen molar-refractivity contribution in [2.45, 2.75) is 25.9 Å². The zero-order chi connectivity index (χ0) is 16.1. The molecule has 1 atom stereocenters. The van der Waals surface area contributed by atoms with E-state index in [1.165, 1.54) is 11.1 Å². The van der Waals surface area contributed by atoms with Crippen molar-refractivity contribution in [1.82, 2.24) is 5.01 Å². The number of nitrogens with zero attached hydrogens (tertiary/aromatic N) is 2. The van der Waals surface area contributed by atoms with Gasteiger partial charge >= 0.3 is 0 Å². The fraction of sp³-hybridized carbons (Fsp3) is 0.316. The molecule has 2 aromatic rings. The van der Waals surface area contributed by atoms with Crippen LogP contribution >= 0.6 is 0 Å². The molecule has 4 heteroatoms. The molecule has 4 nitrogen and oxygen atoms in total. The molecule has 0 saturated carbocycles. The number of ether oxygens (including phenoxy) is 1. The van der Waals surface area contributed by atoms with Gasteiger partial charge in [0.25, 0.3) is 0 Å². The van der Waals surface area contributed by atoms with Crippen LogP contribution in [0.1, 0.15) is 30.5 Å². The normalized spacial score (nSPS) is 17.2. The van der Waals surface area contributed by atoms with E-state index in [9.17, 15) is 0 Å². The molecule has 0 amide bonds. The van der Waals surface area contributed by atoms with E-state index in [1.54, 1.807) is 0 Å². The Morgan fingerprint density at radius 1 is 1.13 bits per heavy atom. The molecule has 0 aromatic heterocycles. The topological polar surface area (TPSA) is 50.9 Å². The fourth-order valence-corrected chi connectivity index (χ4v) is 2.90. The summed E-state index contributed by atoms with van der Waals surface area (Å²) in [7, 11) is 0. The Morgan fingerprint density at radius 2 is 1.87 bits per heavy atom. The molecule has 1 aliphatic heterocycles. The maximum absolute atomic E-state index is 5.82. The predicted molar refractivity (Wildman–Crippen MR) is 93.4 cm³/mol. The highest BCUT2D eigenvalue weighted by Gasteiger charge is 2.27. The molecule has 1 unspecified atom stereocenters. The Hall–Kier alpha value is -2.33. The Kier molecular flexibility index (Phi) is 4.93. The van der Waals surface area contributed by atoms with Crippen molar-refractivity contribution >= 4 is 5.71 Å². The predicted octanol–water partition coefficient (Wildman–Crippen LogP) is 3.35. The molecular formula is C19H23N3O. The third-order valence-electron chi connectivity index (χ3n) is 4.06. The Morgan fingerprint density at radius 3 is 2.52 bits per heavy atom. The summed E-state index contributed by atoms with van der Waals surface area (Å²) in [6.07, 6.45) is 0.886. The maximum Gasteiger partial charge on any atom is 0.119 e. The van der Waals surface area contributed by atoms with Crippen LogP contribution in [0.5, 0.6) is 5.75 Å². The lowest BCUT2D eigenvalue weighted by molar-refractivity contribution is 0.224. The molecular weight excluding hydrogens is 286 g/mol. The number of nitrogens with two attached hydrogens (primary N) is 1. The molecule has 0 spiro atoms.